The molecule has 2 fully saturated rings. The maximum Gasteiger partial charge on any atom is 0.410 e. The fourth-order valence-corrected chi connectivity index (χ4v) is 8.92. The van der Waals surface area contributed by atoms with E-state index in [-0.39, 0.29) is 24.7 Å². The fraction of sp³-hybridized carbons (Fsp3) is 0.458. The molecule has 60 heavy (non-hydrogen) atoms. The highest BCUT2D eigenvalue weighted by Crippen LogP contribution is 2.44. The third-order valence-electron chi connectivity index (χ3n) is 12.3. The maximum absolute atomic E-state index is 13.1. The Morgan fingerprint density at radius 1 is 0.933 bits per heavy atom. The Morgan fingerprint density at radius 2 is 1.72 bits per heavy atom. The summed E-state index contributed by atoms with van der Waals surface area (Å²) < 4.78 is 32.8. The minimum atomic E-state index is -1.54. The second-order valence-electron chi connectivity index (χ2n) is 16.8. The number of hydrogen-bond donors (Lipinski definition) is 4. The van der Waals surface area contributed by atoms with E-state index in [0.29, 0.717) is 30.3 Å². The molecule has 0 saturated carbocycles. The third-order valence-corrected chi connectivity index (χ3v) is 12.3. The summed E-state index contributed by atoms with van der Waals surface area (Å²) in [7, 11) is 0. The van der Waals surface area contributed by atoms with Gasteiger partial charge in [0.1, 0.15) is 67.2 Å². The molecule has 12 heteroatoms. The molecule has 3 aromatic rings. The SMILES string of the molecule is CCC[N+]1=C(/C=C/C2=C3Oc4cc(OCc5ccc(O[C@@H]6OC(CO)[C@H](O)[C@H](O)C6O)cc5)c(COC(=O)N5CCCCC5)cc4C=C3CCC2)C(C)(C)c2ccccc21. The Kier molecular flexibility index (Phi) is 12.5. The minimum absolute atomic E-state index is 0.0364. The standard InChI is InChI=1S/C48H57N2O10/c1-4-21-50-37-14-7-6-13-36(37)48(2,3)41(50)20-17-31-11-10-12-32-24-33-25-34(29-57-47(55)49-22-8-5-9-23-49)38(26-39(33)59-45(31)32)56-28-30-15-18-35(19-16-30)58-46-44(54)43(53)42(52)40(27-51)60-46/h6-7,13-20,24-26,40,42-44,46,51-54H,4-5,8-12,21-23,27-29H2,1-3H3/q+1/b20-17+/t40?,42-,43-,44?,46+/m0/s1. The molecule has 4 aliphatic heterocycles. The number of likely N-dealkylation sites (tertiary alicyclic amines) is 1. The van der Waals surface area contributed by atoms with Crippen LogP contribution in [0, 0.1) is 0 Å². The van der Waals surface area contributed by atoms with Gasteiger partial charge < -0.3 is 49.0 Å². The minimum Gasteiger partial charge on any atom is -0.488 e. The monoisotopic (exact) mass is 821 g/mol. The Labute approximate surface area is 351 Å². The number of aliphatic hydroxyl groups is 4. The van der Waals surface area contributed by atoms with Gasteiger partial charge in [0.05, 0.1) is 12.0 Å². The zero-order chi connectivity index (χ0) is 42.0. The van der Waals surface area contributed by atoms with Crippen molar-refractivity contribution in [3.8, 4) is 17.2 Å². The first-order valence-corrected chi connectivity index (χ1v) is 21.4. The van der Waals surface area contributed by atoms with Crippen molar-refractivity contribution in [3.63, 3.8) is 0 Å². The third kappa shape index (κ3) is 8.49. The number of para-hydroxylation sites is 1. The van der Waals surface area contributed by atoms with Gasteiger partial charge in [0.15, 0.2) is 5.71 Å². The topological polar surface area (TPSA) is 150 Å². The first-order valence-electron chi connectivity index (χ1n) is 21.4. The van der Waals surface area contributed by atoms with E-state index in [0.717, 1.165) is 85.1 Å². The maximum atomic E-state index is 13.1. The van der Waals surface area contributed by atoms with Gasteiger partial charge in [-0.25, -0.2) is 4.79 Å². The molecule has 5 atom stereocenters. The summed E-state index contributed by atoms with van der Waals surface area (Å²) in [4.78, 5) is 14.9. The van der Waals surface area contributed by atoms with Crippen LogP contribution in [0.5, 0.6) is 17.2 Å². The smallest absolute Gasteiger partial charge is 0.410 e. The van der Waals surface area contributed by atoms with Crippen LogP contribution in [0.2, 0.25) is 0 Å². The summed E-state index contributed by atoms with van der Waals surface area (Å²) in [6.45, 7) is 8.80. The molecule has 1 amide bonds. The van der Waals surface area contributed by atoms with Gasteiger partial charge in [0, 0.05) is 54.4 Å². The average molecular weight is 822 g/mol. The zero-order valence-corrected chi connectivity index (χ0v) is 34.7. The van der Waals surface area contributed by atoms with Crippen LogP contribution in [0.15, 0.2) is 89.7 Å². The molecule has 8 rings (SSSR count). The van der Waals surface area contributed by atoms with Gasteiger partial charge in [-0.05, 0) is 99.4 Å². The van der Waals surface area contributed by atoms with Crippen molar-refractivity contribution in [1.82, 2.24) is 4.90 Å². The summed E-state index contributed by atoms with van der Waals surface area (Å²) in [5, 5.41) is 40.2. The van der Waals surface area contributed by atoms with Crippen LogP contribution in [0.3, 0.4) is 0 Å². The Bertz CT molecular complexity index is 2180. The van der Waals surface area contributed by atoms with Crippen molar-refractivity contribution in [1.29, 1.82) is 0 Å². The molecule has 3 aromatic carbocycles. The van der Waals surface area contributed by atoms with Crippen LogP contribution in [-0.4, -0.2) is 98.7 Å². The predicted octanol–water partition coefficient (Wildman–Crippen LogP) is 6.82. The molecule has 4 N–H and O–H groups in total. The summed E-state index contributed by atoms with van der Waals surface area (Å²) in [6.07, 6.45) is 6.38. The normalized spacial score (nSPS) is 24.7. The quantitative estimate of drug-likeness (QED) is 0.143. The number of allylic oxidation sites excluding steroid dienone is 4. The molecule has 2 saturated heterocycles. The molecule has 0 bridgehead atoms. The van der Waals surface area contributed by atoms with E-state index in [4.69, 9.17) is 23.7 Å². The van der Waals surface area contributed by atoms with Gasteiger partial charge in [-0.15, -0.1) is 0 Å². The number of carbonyl (C=O) groups excluding carboxylic acids is 1. The van der Waals surface area contributed by atoms with E-state index < -0.39 is 37.3 Å². The molecule has 0 radical (unpaired) electrons. The molecule has 4 heterocycles. The van der Waals surface area contributed by atoms with Gasteiger partial charge >= 0.3 is 6.09 Å². The number of benzene rings is 3. The summed E-state index contributed by atoms with van der Waals surface area (Å²) in [5.41, 5.74) is 8.48. The van der Waals surface area contributed by atoms with Crippen LogP contribution < -0.4 is 14.2 Å². The highest BCUT2D eigenvalue weighted by molar-refractivity contribution is 6.03. The molecule has 12 nitrogen and oxygen atoms in total. The lowest BCUT2D eigenvalue weighted by Crippen LogP contribution is -2.60. The van der Waals surface area contributed by atoms with Crippen molar-refractivity contribution < 1.29 is 53.5 Å². The number of piperidine rings is 1. The molecular weight excluding hydrogens is 765 g/mol. The summed E-state index contributed by atoms with van der Waals surface area (Å²) in [5.74, 6) is 2.43. The van der Waals surface area contributed by atoms with Crippen molar-refractivity contribution in [3.05, 3.63) is 112 Å². The van der Waals surface area contributed by atoms with Crippen LogP contribution >= 0.6 is 0 Å². The lowest BCUT2D eigenvalue weighted by atomic mass is 9.81. The summed E-state index contributed by atoms with van der Waals surface area (Å²) >= 11 is 0. The van der Waals surface area contributed by atoms with Crippen molar-refractivity contribution in [2.24, 2.45) is 0 Å². The highest BCUT2D eigenvalue weighted by atomic mass is 16.7. The second kappa shape index (κ2) is 17.9. The number of aliphatic hydroxyl groups excluding tert-OH is 4. The van der Waals surface area contributed by atoms with Crippen molar-refractivity contribution >= 4 is 23.6 Å². The molecule has 0 spiro atoms. The van der Waals surface area contributed by atoms with Crippen molar-refractivity contribution in [2.75, 3.05) is 26.2 Å². The van der Waals surface area contributed by atoms with E-state index >= 15 is 0 Å². The van der Waals surface area contributed by atoms with Crippen LogP contribution in [0.1, 0.15) is 88.0 Å². The lowest BCUT2D eigenvalue weighted by molar-refractivity contribution is -0.437. The van der Waals surface area contributed by atoms with Gasteiger partial charge in [-0.3, -0.25) is 0 Å². The van der Waals surface area contributed by atoms with E-state index in [9.17, 15) is 25.2 Å². The summed E-state index contributed by atoms with van der Waals surface area (Å²) in [6, 6.07) is 19.5. The zero-order valence-electron chi connectivity index (χ0n) is 34.7. The van der Waals surface area contributed by atoms with Gasteiger partial charge in [0.25, 0.3) is 0 Å². The predicted molar refractivity (Wildman–Crippen MR) is 225 cm³/mol. The van der Waals surface area contributed by atoms with Crippen LogP contribution in [-0.2, 0) is 28.1 Å². The lowest BCUT2D eigenvalue weighted by Gasteiger charge is -2.39. The molecule has 2 unspecified atom stereocenters. The number of carbonyl (C=O) groups is 1. The molecule has 1 aliphatic carbocycles. The van der Waals surface area contributed by atoms with Gasteiger partial charge in [-0.2, -0.15) is 4.58 Å². The Balaban J connectivity index is 1.04. The van der Waals surface area contributed by atoms with E-state index in [2.05, 4.69) is 67.8 Å². The number of ether oxygens (including phenoxy) is 5. The highest BCUT2D eigenvalue weighted by Gasteiger charge is 2.45. The van der Waals surface area contributed by atoms with Gasteiger partial charge in [-0.1, -0.05) is 37.3 Å². The Hall–Kier alpha value is -4.98. The number of amides is 1. The van der Waals surface area contributed by atoms with E-state index in [1.54, 1.807) is 29.2 Å². The first-order chi connectivity index (χ1) is 29.0. The molecule has 318 valence electrons. The van der Waals surface area contributed by atoms with Gasteiger partial charge in [0.2, 0.25) is 12.0 Å². The van der Waals surface area contributed by atoms with Crippen LogP contribution in [0.4, 0.5) is 10.5 Å². The Morgan fingerprint density at radius 3 is 2.48 bits per heavy atom. The number of nitrogens with zero attached hydrogens (tertiary/aromatic N) is 2. The van der Waals surface area contributed by atoms with Crippen LogP contribution in [0.25, 0.3) is 6.08 Å². The molecule has 5 aliphatic rings. The second-order valence-corrected chi connectivity index (χ2v) is 16.8. The average Bonchev–Trinajstić information content (AvgIpc) is 3.48. The van der Waals surface area contributed by atoms with Crippen molar-refractivity contribution in [2.45, 2.75) is 115 Å². The largest absolute Gasteiger partial charge is 0.488 e. The van der Waals surface area contributed by atoms with E-state index in [1.165, 1.54) is 17.0 Å². The number of rotatable bonds is 12. The number of fused-ring (bicyclic) bond motifs is 3. The fourth-order valence-electron chi connectivity index (χ4n) is 8.92. The molecule has 0 aromatic heterocycles. The van der Waals surface area contributed by atoms with E-state index in [1.807, 2.05) is 12.1 Å². The molecular formula is C48H57N2O10+. The number of hydrogen-bond acceptors (Lipinski definition) is 10. The first kappa shape index (κ1) is 41.7.